The lowest BCUT2D eigenvalue weighted by molar-refractivity contribution is -0.137. The third-order valence-electron chi connectivity index (χ3n) is 2.22. The minimum absolute atomic E-state index is 0.387. The van der Waals surface area contributed by atoms with Crippen molar-refractivity contribution in [2.45, 2.75) is 6.54 Å². The molecule has 0 bridgehead atoms. The van der Waals surface area contributed by atoms with Gasteiger partial charge in [-0.3, -0.25) is 14.7 Å². The minimum Gasteiger partial charge on any atom is -0.480 e. The summed E-state index contributed by atoms with van der Waals surface area (Å²) in [6, 6.07) is 8.29. The predicted octanol–water partition coefficient (Wildman–Crippen LogP) is 1.58. The first-order valence-electron chi connectivity index (χ1n) is 4.84. The molecule has 1 aromatic heterocycles. The van der Waals surface area contributed by atoms with E-state index in [4.69, 9.17) is 16.7 Å². The highest BCUT2D eigenvalue weighted by atomic mass is 35.5. The van der Waals surface area contributed by atoms with Gasteiger partial charge in [-0.1, -0.05) is 23.7 Å². The van der Waals surface area contributed by atoms with E-state index in [1.54, 1.807) is 24.3 Å². The van der Waals surface area contributed by atoms with Gasteiger partial charge in [0.2, 0.25) is 0 Å². The van der Waals surface area contributed by atoms with Crippen LogP contribution in [0.15, 0.2) is 35.1 Å². The average Bonchev–Trinajstić information content (AvgIpc) is 2.59. The molecule has 0 aliphatic carbocycles. The zero-order valence-electron chi connectivity index (χ0n) is 8.68. The van der Waals surface area contributed by atoms with E-state index in [1.807, 2.05) is 0 Å². The van der Waals surface area contributed by atoms with Gasteiger partial charge < -0.3 is 5.11 Å². The van der Waals surface area contributed by atoms with Gasteiger partial charge in [-0.05, 0) is 12.1 Å². The number of hydrogen-bond donors (Lipinski definition) is 2. The smallest absolute Gasteiger partial charge is 0.325 e. The van der Waals surface area contributed by atoms with Crippen molar-refractivity contribution < 1.29 is 9.90 Å². The van der Waals surface area contributed by atoms with Crippen molar-refractivity contribution in [3.05, 3.63) is 45.7 Å². The molecule has 0 amide bonds. The number of carboxylic acid groups (broad SMARTS) is 1. The quantitative estimate of drug-likeness (QED) is 0.871. The first kappa shape index (κ1) is 11.5. The van der Waals surface area contributed by atoms with Crippen LogP contribution in [-0.2, 0) is 11.3 Å². The zero-order chi connectivity index (χ0) is 12.4. The molecule has 2 N–H and O–H groups in total. The molecule has 0 unspecified atom stereocenters. The van der Waals surface area contributed by atoms with Crippen molar-refractivity contribution in [1.82, 2.24) is 9.78 Å². The Bertz CT molecular complexity index is 615. The Morgan fingerprint density at radius 3 is 2.82 bits per heavy atom. The SMILES string of the molecule is O=C(O)Cn1[nH]c(-c2cccc(Cl)c2)cc1=O. The highest BCUT2D eigenvalue weighted by Crippen LogP contribution is 2.19. The van der Waals surface area contributed by atoms with Crippen molar-refractivity contribution in [2.24, 2.45) is 0 Å². The summed E-state index contributed by atoms with van der Waals surface area (Å²) in [5.74, 6) is -1.08. The summed E-state index contributed by atoms with van der Waals surface area (Å²) in [4.78, 5) is 22.0. The number of aliphatic carboxylic acids is 1. The van der Waals surface area contributed by atoms with E-state index in [0.717, 1.165) is 10.2 Å². The number of H-pyrrole nitrogens is 1. The molecule has 17 heavy (non-hydrogen) atoms. The van der Waals surface area contributed by atoms with Crippen LogP contribution < -0.4 is 5.56 Å². The van der Waals surface area contributed by atoms with Crippen LogP contribution in [0.25, 0.3) is 11.3 Å². The number of benzene rings is 1. The average molecular weight is 253 g/mol. The van der Waals surface area contributed by atoms with E-state index in [1.165, 1.54) is 6.07 Å². The fourth-order valence-corrected chi connectivity index (χ4v) is 1.68. The number of hydrogen-bond acceptors (Lipinski definition) is 2. The van der Waals surface area contributed by atoms with Gasteiger partial charge in [-0.25, -0.2) is 4.68 Å². The number of aromatic nitrogens is 2. The number of aromatic amines is 1. The molecule has 0 saturated heterocycles. The summed E-state index contributed by atoms with van der Waals surface area (Å²) in [5.41, 5.74) is 0.889. The largest absolute Gasteiger partial charge is 0.480 e. The van der Waals surface area contributed by atoms with Crippen LogP contribution in [-0.4, -0.2) is 20.9 Å². The van der Waals surface area contributed by atoms with Crippen LogP contribution >= 0.6 is 11.6 Å². The lowest BCUT2D eigenvalue weighted by Gasteiger charge is -1.99. The zero-order valence-corrected chi connectivity index (χ0v) is 9.44. The Balaban J connectivity index is 2.41. The Morgan fingerprint density at radius 2 is 2.18 bits per heavy atom. The fraction of sp³-hybridized carbons (Fsp3) is 0.0909. The molecule has 0 saturated carbocycles. The van der Waals surface area contributed by atoms with Gasteiger partial charge in [-0.2, -0.15) is 0 Å². The van der Waals surface area contributed by atoms with Crippen molar-refractivity contribution in [2.75, 3.05) is 0 Å². The molecule has 0 spiro atoms. The van der Waals surface area contributed by atoms with Gasteiger partial charge in [0.1, 0.15) is 6.54 Å². The van der Waals surface area contributed by atoms with Crippen molar-refractivity contribution in [3.8, 4) is 11.3 Å². The second kappa shape index (κ2) is 4.47. The predicted molar refractivity (Wildman–Crippen MR) is 63.1 cm³/mol. The number of carboxylic acids is 1. The maximum Gasteiger partial charge on any atom is 0.325 e. The van der Waals surface area contributed by atoms with Crippen LogP contribution in [0.1, 0.15) is 0 Å². The molecule has 6 heteroatoms. The first-order valence-corrected chi connectivity index (χ1v) is 5.21. The summed E-state index contributed by atoms with van der Waals surface area (Å²) in [6.07, 6.45) is 0. The van der Waals surface area contributed by atoms with Crippen LogP contribution in [0.3, 0.4) is 0 Å². The van der Waals surface area contributed by atoms with E-state index in [-0.39, 0.29) is 12.1 Å². The number of carbonyl (C=O) groups is 1. The summed E-state index contributed by atoms with van der Waals surface area (Å²) in [7, 11) is 0. The van der Waals surface area contributed by atoms with Gasteiger partial charge in [-0.15, -0.1) is 0 Å². The molecule has 0 aliphatic heterocycles. The Labute approximate surface area is 101 Å². The van der Waals surface area contributed by atoms with Gasteiger partial charge in [0, 0.05) is 16.7 Å². The normalized spacial score (nSPS) is 10.4. The third kappa shape index (κ3) is 2.57. The van der Waals surface area contributed by atoms with Gasteiger partial charge in [0.15, 0.2) is 0 Å². The van der Waals surface area contributed by atoms with Crippen LogP contribution in [0.5, 0.6) is 0 Å². The van der Waals surface area contributed by atoms with Crippen LogP contribution in [0.2, 0.25) is 5.02 Å². The van der Waals surface area contributed by atoms with Gasteiger partial charge in [0.05, 0.1) is 5.69 Å². The molecule has 88 valence electrons. The minimum atomic E-state index is -1.08. The number of nitrogens with zero attached hydrogens (tertiary/aromatic N) is 1. The standard InChI is InChI=1S/C11H9ClN2O3/c12-8-3-1-2-7(4-8)9-5-10(15)14(13-9)6-11(16)17/h1-5,13H,6H2,(H,16,17). The molecule has 2 aromatic rings. The van der Waals surface area contributed by atoms with E-state index in [9.17, 15) is 9.59 Å². The van der Waals surface area contributed by atoms with Crippen molar-refractivity contribution >= 4 is 17.6 Å². The van der Waals surface area contributed by atoms with E-state index < -0.39 is 5.97 Å². The summed E-state index contributed by atoms with van der Waals surface area (Å²) in [5, 5.41) is 11.9. The Hall–Kier alpha value is -2.01. The van der Waals surface area contributed by atoms with Gasteiger partial charge in [0.25, 0.3) is 5.56 Å². The molecule has 1 aromatic carbocycles. The van der Waals surface area contributed by atoms with Crippen molar-refractivity contribution in [1.29, 1.82) is 0 Å². The highest BCUT2D eigenvalue weighted by molar-refractivity contribution is 6.30. The molecular weight excluding hydrogens is 244 g/mol. The topological polar surface area (TPSA) is 75.1 Å². The molecule has 0 fully saturated rings. The molecule has 0 atom stereocenters. The van der Waals surface area contributed by atoms with E-state index in [2.05, 4.69) is 5.10 Å². The Morgan fingerprint density at radius 1 is 1.41 bits per heavy atom. The Kier molecular flexibility index (Phi) is 3.01. The first-order chi connectivity index (χ1) is 8.06. The summed E-state index contributed by atoms with van der Waals surface area (Å²) < 4.78 is 1.03. The number of halogens is 1. The van der Waals surface area contributed by atoms with Crippen molar-refractivity contribution in [3.63, 3.8) is 0 Å². The molecule has 0 aliphatic rings. The molecule has 0 radical (unpaired) electrons. The molecule has 5 nitrogen and oxygen atoms in total. The molecule has 1 heterocycles. The summed E-state index contributed by atoms with van der Waals surface area (Å²) in [6.45, 7) is -0.389. The maximum absolute atomic E-state index is 11.5. The van der Waals surface area contributed by atoms with E-state index in [0.29, 0.717) is 10.7 Å². The third-order valence-corrected chi connectivity index (χ3v) is 2.45. The number of nitrogens with one attached hydrogen (secondary N) is 1. The second-order valence-electron chi connectivity index (χ2n) is 3.50. The molecule has 2 rings (SSSR count). The van der Waals surface area contributed by atoms with E-state index >= 15 is 0 Å². The van der Waals surface area contributed by atoms with Gasteiger partial charge >= 0.3 is 5.97 Å². The van der Waals surface area contributed by atoms with Crippen LogP contribution in [0.4, 0.5) is 0 Å². The monoisotopic (exact) mass is 252 g/mol. The second-order valence-corrected chi connectivity index (χ2v) is 3.93. The fourth-order valence-electron chi connectivity index (χ4n) is 1.49. The molecular formula is C11H9ClN2O3. The lowest BCUT2D eigenvalue weighted by atomic mass is 10.2. The maximum atomic E-state index is 11.5. The highest BCUT2D eigenvalue weighted by Gasteiger charge is 2.07. The summed E-state index contributed by atoms with van der Waals surface area (Å²) >= 11 is 5.83. The number of rotatable bonds is 3. The lowest BCUT2D eigenvalue weighted by Crippen LogP contribution is -2.20. The van der Waals surface area contributed by atoms with Crippen LogP contribution in [0, 0.1) is 0 Å².